The molecule has 3 rings (SSSR count). The number of ether oxygens (including phenoxy) is 3. The smallest absolute Gasteiger partial charge is 0.286 e. The van der Waals surface area contributed by atoms with Crippen molar-refractivity contribution in [3.8, 4) is 11.5 Å². The summed E-state index contributed by atoms with van der Waals surface area (Å²) in [6.45, 7) is 1.35. The van der Waals surface area contributed by atoms with E-state index in [-0.39, 0.29) is 35.9 Å². The molecule has 0 bridgehead atoms. The Morgan fingerprint density at radius 2 is 1.88 bits per heavy atom. The van der Waals surface area contributed by atoms with Crippen molar-refractivity contribution in [1.29, 1.82) is 0 Å². The largest absolute Gasteiger partial charge is 0.493 e. The first-order valence-corrected chi connectivity index (χ1v) is 9.83. The number of nitro groups is 1. The Morgan fingerprint density at radius 1 is 1.12 bits per heavy atom. The van der Waals surface area contributed by atoms with Crippen LogP contribution in [-0.4, -0.2) is 48.0 Å². The average molecular weight is 440 g/mol. The van der Waals surface area contributed by atoms with Gasteiger partial charge in [-0.1, -0.05) is 24.3 Å². The Balaban J connectivity index is 1.70. The zero-order valence-corrected chi connectivity index (χ0v) is 17.8. The molecule has 0 atom stereocenters. The first-order valence-electron chi connectivity index (χ1n) is 9.83. The number of nitrogens with zero attached hydrogens (tertiary/aromatic N) is 3. The summed E-state index contributed by atoms with van der Waals surface area (Å²) in [5.41, 5.74) is 1.44. The molecular formula is C22H24N4O6. The van der Waals surface area contributed by atoms with Crippen LogP contribution in [0.5, 0.6) is 11.5 Å². The molecule has 0 aliphatic carbocycles. The highest BCUT2D eigenvalue weighted by Gasteiger charge is 2.24. The topological polar surface area (TPSA) is 118 Å². The van der Waals surface area contributed by atoms with Crippen LogP contribution in [0.4, 0.5) is 5.69 Å². The van der Waals surface area contributed by atoms with Crippen LogP contribution in [0.1, 0.15) is 21.5 Å². The van der Waals surface area contributed by atoms with E-state index in [2.05, 4.69) is 10.4 Å². The number of carbonyl (C=O) groups excluding carboxylic acids is 1. The number of nitro benzene ring substituents is 1. The highest BCUT2D eigenvalue weighted by atomic mass is 16.6. The lowest BCUT2D eigenvalue weighted by Crippen LogP contribution is -2.24. The minimum atomic E-state index is -0.623. The van der Waals surface area contributed by atoms with E-state index in [4.69, 9.17) is 14.2 Å². The van der Waals surface area contributed by atoms with Crippen molar-refractivity contribution in [2.24, 2.45) is 0 Å². The lowest BCUT2D eigenvalue weighted by atomic mass is 10.1. The number of methoxy groups -OCH3 is 2. The van der Waals surface area contributed by atoms with Gasteiger partial charge in [-0.05, 0) is 17.2 Å². The molecule has 0 saturated carbocycles. The molecule has 1 N–H and O–H groups in total. The fourth-order valence-electron chi connectivity index (χ4n) is 3.01. The summed E-state index contributed by atoms with van der Waals surface area (Å²) in [6, 6.07) is 12.0. The van der Waals surface area contributed by atoms with Crippen LogP contribution in [0.2, 0.25) is 0 Å². The third kappa shape index (κ3) is 5.82. The minimum Gasteiger partial charge on any atom is -0.493 e. The average Bonchev–Trinajstić information content (AvgIpc) is 3.31. The standard InChI is InChI=1S/C22H24N4O6/c1-30-10-11-32-21-13-19(26(28)29)18(12-20(21)31-2)22(27)23-14-16-4-6-17(7-5-16)15-25-9-3-8-24-25/h3-9,12-13H,10-11,14-15H2,1-2H3,(H,23,27). The van der Waals surface area contributed by atoms with Crippen molar-refractivity contribution in [2.75, 3.05) is 27.4 Å². The summed E-state index contributed by atoms with van der Waals surface area (Å²) >= 11 is 0. The fraction of sp³-hybridized carbons (Fsp3) is 0.273. The van der Waals surface area contributed by atoms with Gasteiger partial charge in [-0.2, -0.15) is 5.10 Å². The molecule has 0 saturated heterocycles. The van der Waals surface area contributed by atoms with E-state index in [1.807, 2.05) is 41.2 Å². The van der Waals surface area contributed by atoms with Crippen molar-refractivity contribution >= 4 is 11.6 Å². The maximum Gasteiger partial charge on any atom is 0.286 e. The molecule has 0 unspecified atom stereocenters. The van der Waals surface area contributed by atoms with Crippen molar-refractivity contribution in [3.05, 3.63) is 81.7 Å². The van der Waals surface area contributed by atoms with E-state index in [1.54, 1.807) is 6.20 Å². The number of carbonyl (C=O) groups is 1. The molecule has 2 aromatic carbocycles. The molecule has 1 heterocycles. The van der Waals surface area contributed by atoms with Gasteiger partial charge in [0.1, 0.15) is 12.2 Å². The molecule has 1 aromatic heterocycles. The third-order valence-corrected chi connectivity index (χ3v) is 4.65. The van der Waals surface area contributed by atoms with Gasteiger partial charge in [-0.25, -0.2) is 0 Å². The van der Waals surface area contributed by atoms with E-state index in [9.17, 15) is 14.9 Å². The van der Waals surface area contributed by atoms with E-state index in [1.165, 1.54) is 26.4 Å². The maximum atomic E-state index is 12.7. The second-order valence-corrected chi connectivity index (χ2v) is 6.82. The summed E-state index contributed by atoms with van der Waals surface area (Å²) in [7, 11) is 2.92. The van der Waals surface area contributed by atoms with Gasteiger partial charge in [-0.3, -0.25) is 19.6 Å². The first-order chi connectivity index (χ1) is 15.5. The second-order valence-electron chi connectivity index (χ2n) is 6.82. The number of hydrogen-bond donors (Lipinski definition) is 1. The fourth-order valence-corrected chi connectivity index (χ4v) is 3.01. The molecule has 0 radical (unpaired) electrons. The van der Waals surface area contributed by atoms with Crippen LogP contribution in [0.3, 0.4) is 0 Å². The predicted octanol–water partition coefficient (Wildman–Crippen LogP) is 2.80. The highest BCUT2D eigenvalue weighted by Crippen LogP contribution is 2.34. The highest BCUT2D eigenvalue weighted by molar-refractivity contribution is 5.99. The van der Waals surface area contributed by atoms with Crippen LogP contribution in [0, 0.1) is 10.1 Å². The normalized spacial score (nSPS) is 10.6. The molecule has 32 heavy (non-hydrogen) atoms. The van der Waals surface area contributed by atoms with Crippen LogP contribution in [0.25, 0.3) is 0 Å². The monoisotopic (exact) mass is 440 g/mol. The van der Waals surface area contributed by atoms with Gasteiger partial charge < -0.3 is 19.5 Å². The van der Waals surface area contributed by atoms with Crippen LogP contribution < -0.4 is 14.8 Å². The molecule has 0 aliphatic heterocycles. The summed E-state index contributed by atoms with van der Waals surface area (Å²) in [6.07, 6.45) is 3.60. The van der Waals surface area contributed by atoms with Gasteiger partial charge in [0.15, 0.2) is 11.5 Å². The summed E-state index contributed by atoms with van der Waals surface area (Å²) in [4.78, 5) is 23.6. The molecule has 0 fully saturated rings. The maximum absolute atomic E-state index is 12.7. The van der Waals surface area contributed by atoms with Crippen molar-refractivity contribution in [3.63, 3.8) is 0 Å². The minimum absolute atomic E-state index is 0.110. The Labute approximate surface area is 184 Å². The second kappa shape index (κ2) is 10.9. The van der Waals surface area contributed by atoms with E-state index < -0.39 is 10.8 Å². The van der Waals surface area contributed by atoms with Crippen LogP contribution in [0.15, 0.2) is 54.9 Å². The van der Waals surface area contributed by atoms with E-state index in [0.29, 0.717) is 13.2 Å². The van der Waals surface area contributed by atoms with Gasteiger partial charge in [0.05, 0.1) is 31.3 Å². The molecule has 1 amide bonds. The molecule has 3 aromatic rings. The number of benzene rings is 2. The predicted molar refractivity (Wildman–Crippen MR) is 116 cm³/mol. The Morgan fingerprint density at radius 3 is 2.50 bits per heavy atom. The van der Waals surface area contributed by atoms with Crippen molar-refractivity contribution in [1.82, 2.24) is 15.1 Å². The lowest BCUT2D eigenvalue weighted by Gasteiger charge is -2.13. The van der Waals surface area contributed by atoms with Gasteiger partial charge in [0, 0.05) is 32.1 Å². The SMILES string of the molecule is COCCOc1cc([N+](=O)[O-])c(C(=O)NCc2ccc(Cn3cccn3)cc2)cc1OC. The number of rotatable bonds is 11. The van der Waals surface area contributed by atoms with Gasteiger partial charge in [-0.15, -0.1) is 0 Å². The molecule has 10 nitrogen and oxygen atoms in total. The van der Waals surface area contributed by atoms with Gasteiger partial charge in [0.2, 0.25) is 0 Å². The third-order valence-electron chi connectivity index (χ3n) is 4.65. The van der Waals surface area contributed by atoms with Gasteiger partial charge >= 0.3 is 0 Å². The molecular weight excluding hydrogens is 416 g/mol. The summed E-state index contributed by atoms with van der Waals surface area (Å²) < 4.78 is 17.5. The number of aromatic nitrogens is 2. The zero-order valence-electron chi connectivity index (χ0n) is 17.8. The van der Waals surface area contributed by atoms with E-state index in [0.717, 1.165) is 11.1 Å². The quantitative estimate of drug-likeness (QED) is 0.277. The Kier molecular flexibility index (Phi) is 7.76. The Bertz CT molecular complexity index is 1050. The zero-order chi connectivity index (χ0) is 22.9. The van der Waals surface area contributed by atoms with E-state index >= 15 is 0 Å². The molecule has 10 heteroatoms. The molecule has 0 spiro atoms. The summed E-state index contributed by atoms with van der Waals surface area (Å²) in [5, 5.41) is 18.4. The number of hydrogen-bond acceptors (Lipinski definition) is 7. The number of nitrogens with one attached hydrogen (secondary N) is 1. The first kappa shape index (κ1) is 22.8. The number of amides is 1. The summed E-state index contributed by atoms with van der Waals surface area (Å²) in [5.74, 6) is -0.195. The van der Waals surface area contributed by atoms with Gasteiger partial charge in [0.25, 0.3) is 11.6 Å². The van der Waals surface area contributed by atoms with Crippen molar-refractivity contribution in [2.45, 2.75) is 13.1 Å². The van der Waals surface area contributed by atoms with Crippen molar-refractivity contribution < 1.29 is 23.9 Å². The van der Waals surface area contributed by atoms with Crippen LogP contribution >= 0.6 is 0 Å². The Hall–Kier alpha value is -3.92. The lowest BCUT2D eigenvalue weighted by molar-refractivity contribution is -0.385. The molecule has 0 aliphatic rings. The van der Waals surface area contributed by atoms with Crippen LogP contribution in [-0.2, 0) is 17.8 Å². The molecule has 168 valence electrons.